The van der Waals surface area contributed by atoms with Crippen molar-refractivity contribution in [3.05, 3.63) is 131 Å². The lowest BCUT2D eigenvalue weighted by Crippen LogP contribution is -2.25. The molecule has 2 heterocycles. The minimum absolute atomic E-state index is 0.219. The van der Waals surface area contributed by atoms with Crippen molar-refractivity contribution in [2.24, 2.45) is 7.05 Å². The molecule has 196 valence electrons. The zero-order valence-electron chi connectivity index (χ0n) is 21.3. The van der Waals surface area contributed by atoms with Gasteiger partial charge in [-0.3, -0.25) is 19.1 Å². The number of carbonyl (C=O) groups is 2. The van der Waals surface area contributed by atoms with Gasteiger partial charge < -0.3 is 15.1 Å². The molecule has 0 aliphatic carbocycles. The summed E-state index contributed by atoms with van der Waals surface area (Å²) in [5.74, 6) is -0.439. The van der Waals surface area contributed by atoms with Crippen molar-refractivity contribution >= 4 is 35.0 Å². The van der Waals surface area contributed by atoms with Crippen LogP contribution in [-0.2, 0) is 11.8 Å². The van der Waals surface area contributed by atoms with Gasteiger partial charge in [0.05, 0.1) is 17.6 Å². The van der Waals surface area contributed by atoms with Crippen LogP contribution in [0.3, 0.4) is 0 Å². The van der Waals surface area contributed by atoms with Gasteiger partial charge in [-0.1, -0.05) is 48.5 Å². The minimum atomic E-state index is -0.626. The second-order valence-corrected chi connectivity index (χ2v) is 9.97. The third-order valence-corrected chi connectivity index (χ3v) is 7.52. The number of para-hydroxylation sites is 1. The van der Waals surface area contributed by atoms with Crippen LogP contribution in [0, 0.1) is 6.92 Å². The average Bonchev–Trinajstić information content (AvgIpc) is 3.57. The van der Waals surface area contributed by atoms with Crippen molar-refractivity contribution in [1.29, 1.82) is 0 Å². The fraction of sp³-hybridized carbons (Fsp3) is 0.100. The van der Waals surface area contributed by atoms with E-state index >= 15 is 0 Å². The molecule has 0 bridgehead atoms. The van der Waals surface area contributed by atoms with Gasteiger partial charge in [-0.05, 0) is 61.0 Å². The molecule has 8 nitrogen and oxygen atoms in total. The van der Waals surface area contributed by atoms with Crippen molar-refractivity contribution in [2.45, 2.75) is 17.1 Å². The molecule has 1 unspecified atom stereocenters. The van der Waals surface area contributed by atoms with Gasteiger partial charge in [0.15, 0.2) is 5.76 Å². The highest BCUT2D eigenvalue weighted by Crippen LogP contribution is 2.37. The molecule has 2 aromatic heterocycles. The van der Waals surface area contributed by atoms with Crippen LogP contribution >= 0.6 is 11.8 Å². The lowest BCUT2D eigenvalue weighted by atomic mass is 10.1. The standard InChI is InChI=1S/C30H26N4O4S/c1-20-26(30(37)34(33(20)2)23-12-7-4-8-13-23)32-29(36)27(21-10-5-3-6-11-21)39-24-17-15-22(16-18-24)31-28(35)25-14-9-19-38-25/h3-19,27H,1-2H3,(H,31,35)(H,32,36). The van der Waals surface area contributed by atoms with Gasteiger partial charge in [0.1, 0.15) is 10.9 Å². The molecule has 9 heteroatoms. The Kier molecular flexibility index (Phi) is 7.51. The number of benzene rings is 3. The Hall–Kier alpha value is -4.76. The molecule has 39 heavy (non-hydrogen) atoms. The summed E-state index contributed by atoms with van der Waals surface area (Å²) >= 11 is 1.35. The first kappa shape index (κ1) is 25.9. The fourth-order valence-corrected chi connectivity index (χ4v) is 5.18. The molecular weight excluding hydrogens is 512 g/mol. The first-order valence-corrected chi connectivity index (χ1v) is 13.1. The second-order valence-electron chi connectivity index (χ2n) is 8.79. The molecule has 2 N–H and O–H groups in total. The number of nitrogens with one attached hydrogen (secondary N) is 2. The van der Waals surface area contributed by atoms with Gasteiger partial charge in [0.25, 0.3) is 11.5 Å². The summed E-state index contributed by atoms with van der Waals surface area (Å²) in [4.78, 5) is 40.1. The van der Waals surface area contributed by atoms with Crippen molar-refractivity contribution in [2.75, 3.05) is 10.6 Å². The topological polar surface area (TPSA) is 98.3 Å². The van der Waals surface area contributed by atoms with E-state index in [-0.39, 0.29) is 28.8 Å². The molecule has 0 saturated heterocycles. The molecule has 5 aromatic rings. The van der Waals surface area contributed by atoms with E-state index in [0.717, 1.165) is 10.5 Å². The molecule has 0 saturated carbocycles. The van der Waals surface area contributed by atoms with Crippen LogP contribution < -0.4 is 16.2 Å². The number of hydrogen-bond donors (Lipinski definition) is 2. The van der Waals surface area contributed by atoms with E-state index < -0.39 is 5.25 Å². The van der Waals surface area contributed by atoms with Crippen molar-refractivity contribution in [1.82, 2.24) is 9.36 Å². The van der Waals surface area contributed by atoms with Gasteiger partial charge in [0, 0.05) is 17.6 Å². The van der Waals surface area contributed by atoms with Crippen LogP contribution in [0.2, 0.25) is 0 Å². The Morgan fingerprint density at radius 1 is 0.846 bits per heavy atom. The second kappa shape index (κ2) is 11.3. The summed E-state index contributed by atoms with van der Waals surface area (Å²) < 4.78 is 8.40. The lowest BCUT2D eigenvalue weighted by molar-refractivity contribution is -0.115. The third-order valence-electron chi connectivity index (χ3n) is 6.25. The molecular formula is C30H26N4O4S. The summed E-state index contributed by atoms with van der Waals surface area (Å²) in [7, 11) is 1.79. The Morgan fingerprint density at radius 2 is 1.51 bits per heavy atom. The Labute approximate surface area is 229 Å². The maximum atomic E-state index is 13.7. The Morgan fingerprint density at radius 3 is 2.15 bits per heavy atom. The zero-order valence-corrected chi connectivity index (χ0v) is 22.1. The Bertz CT molecular complexity index is 1640. The number of anilines is 2. The molecule has 0 radical (unpaired) electrons. The normalized spacial score (nSPS) is 11.6. The SMILES string of the molecule is Cc1c(NC(=O)C(Sc2ccc(NC(=O)c3ccco3)cc2)c2ccccc2)c(=O)n(-c2ccccc2)n1C. The van der Waals surface area contributed by atoms with Crippen LogP contribution in [0.5, 0.6) is 0 Å². The van der Waals surface area contributed by atoms with Gasteiger partial charge in [-0.25, -0.2) is 4.68 Å². The van der Waals surface area contributed by atoms with Crippen LogP contribution in [-0.4, -0.2) is 21.2 Å². The molecule has 0 aliphatic rings. The zero-order chi connectivity index (χ0) is 27.4. The van der Waals surface area contributed by atoms with Crippen LogP contribution in [0.25, 0.3) is 5.69 Å². The van der Waals surface area contributed by atoms with Crippen molar-refractivity contribution in [3.8, 4) is 5.69 Å². The summed E-state index contributed by atoms with van der Waals surface area (Å²) in [6, 6.07) is 29.1. The third kappa shape index (κ3) is 5.58. The van der Waals surface area contributed by atoms with E-state index in [2.05, 4.69) is 10.6 Å². The first-order chi connectivity index (χ1) is 18.9. The van der Waals surface area contributed by atoms with E-state index in [1.165, 1.54) is 22.7 Å². The first-order valence-electron chi connectivity index (χ1n) is 12.2. The van der Waals surface area contributed by atoms with Gasteiger partial charge in [-0.15, -0.1) is 11.8 Å². The lowest BCUT2D eigenvalue weighted by Gasteiger charge is -2.17. The maximum absolute atomic E-state index is 13.7. The van der Waals surface area contributed by atoms with E-state index in [1.807, 2.05) is 72.8 Å². The highest BCUT2D eigenvalue weighted by Gasteiger charge is 2.26. The number of carbonyl (C=O) groups excluding carboxylic acids is 2. The fourth-order valence-electron chi connectivity index (χ4n) is 4.16. The highest BCUT2D eigenvalue weighted by molar-refractivity contribution is 8.00. The predicted octanol–water partition coefficient (Wildman–Crippen LogP) is 5.80. The van der Waals surface area contributed by atoms with Gasteiger partial charge in [-0.2, -0.15) is 0 Å². The highest BCUT2D eigenvalue weighted by atomic mass is 32.2. The van der Waals surface area contributed by atoms with E-state index in [1.54, 1.807) is 42.9 Å². The molecule has 0 aliphatic heterocycles. The molecule has 2 amide bonds. The Balaban J connectivity index is 1.38. The van der Waals surface area contributed by atoms with E-state index in [0.29, 0.717) is 17.1 Å². The number of aromatic nitrogens is 2. The average molecular weight is 539 g/mol. The van der Waals surface area contributed by atoms with Gasteiger partial charge >= 0.3 is 0 Å². The smallest absolute Gasteiger partial charge is 0.295 e. The van der Waals surface area contributed by atoms with E-state index in [4.69, 9.17) is 4.42 Å². The number of rotatable bonds is 8. The van der Waals surface area contributed by atoms with Crippen molar-refractivity contribution in [3.63, 3.8) is 0 Å². The van der Waals surface area contributed by atoms with E-state index in [9.17, 15) is 14.4 Å². The molecule has 1 atom stereocenters. The predicted molar refractivity (Wildman–Crippen MR) is 153 cm³/mol. The number of thioether (sulfide) groups is 1. The number of nitrogens with zero attached hydrogens (tertiary/aromatic N) is 2. The molecule has 5 rings (SSSR count). The summed E-state index contributed by atoms with van der Waals surface area (Å²) in [5.41, 5.74) is 2.69. The number of amides is 2. The molecule has 0 spiro atoms. The molecule has 3 aromatic carbocycles. The summed E-state index contributed by atoms with van der Waals surface area (Å²) in [5, 5.41) is 5.06. The number of hydrogen-bond acceptors (Lipinski definition) is 5. The maximum Gasteiger partial charge on any atom is 0.295 e. The summed E-state index contributed by atoms with van der Waals surface area (Å²) in [6.45, 7) is 1.80. The van der Waals surface area contributed by atoms with Crippen molar-refractivity contribution < 1.29 is 14.0 Å². The van der Waals surface area contributed by atoms with Gasteiger partial charge in [0.2, 0.25) is 5.91 Å². The quantitative estimate of drug-likeness (QED) is 0.243. The largest absolute Gasteiger partial charge is 0.459 e. The number of furan rings is 1. The van der Waals surface area contributed by atoms with Crippen LogP contribution in [0.15, 0.2) is 117 Å². The van der Waals surface area contributed by atoms with Crippen LogP contribution in [0.1, 0.15) is 27.1 Å². The summed E-state index contributed by atoms with van der Waals surface area (Å²) in [6.07, 6.45) is 1.44. The minimum Gasteiger partial charge on any atom is -0.459 e. The van der Waals surface area contributed by atoms with Crippen LogP contribution in [0.4, 0.5) is 11.4 Å². The monoisotopic (exact) mass is 538 g/mol. The molecule has 0 fully saturated rings.